The second-order valence-electron chi connectivity index (χ2n) is 8.54. The summed E-state index contributed by atoms with van der Waals surface area (Å²) in [6.07, 6.45) is 4.53. The van der Waals surface area contributed by atoms with Crippen LogP contribution in [0.25, 0.3) is 5.69 Å². The average Bonchev–Trinajstić information content (AvgIpc) is 3.42. The van der Waals surface area contributed by atoms with Gasteiger partial charge in [-0.2, -0.15) is 5.10 Å². The van der Waals surface area contributed by atoms with Gasteiger partial charge >= 0.3 is 0 Å². The first-order valence-corrected chi connectivity index (χ1v) is 10.9. The maximum absolute atomic E-state index is 13.3. The highest BCUT2D eigenvalue weighted by Crippen LogP contribution is 2.36. The van der Waals surface area contributed by atoms with Gasteiger partial charge in [-0.25, -0.2) is 4.68 Å². The van der Waals surface area contributed by atoms with E-state index >= 15 is 0 Å². The van der Waals surface area contributed by atoms with E-state index in [-0.39, 0.29) is 12.7 Å². The van der Waals surface area contributed by atoms with Gasteiger partial charge in [0.05, 0.1) is 11.4 Å². The molecule has 6 nitrogen and oxygen atoms in total. The van der Waals surface area contributed by atoms with E-state index in [9.17, 15) is 4.79 Å². The summed E-state index contributed by atoms with van der Waals surface area (Å²) in [6, 6.07) is 13.3. The van der Waals surface area contributed by atoms with E-state index in [0.29, 0.717) is 23.0 Å². The van der Waals surface area contributed by atoms with E-state index in [1.54, 1.807) is 11.9 Å². The number of amides is 1. The van der Waals surface area contributed by atoms with Crippen LogP contribution >= 0.6 is 0 Å². The van der Waals surface area contributed by atoms with E-state index in [1.807, 2.05) is 42.5 Å². The van der Waals surface area contributed by atoms with Crippen LogP contribution in [0, 0.1) is 0 Å². The van der Waals surface area contributed by atoms with Crippen molar-refractivity contribution in [2.75, 3.05) is 18.7 Å². The molecule has 1 aliphatic heterocycles. The summed E-state index contributed by atoms with van der Waals surface area (Å²) in [7, 11) is 1.78. The monoisotopic (exact) mass is 417 g/mol. The number of rotatable bonds is 4. The number of fused-ring (bicyclic) bond motifs is 2. The Hall–Kier alpha value is -3.28. The second-order valence-corrected chi connectivity index (χ2v) is 8.54. The van der Waals surface area contributed by atoms with E-state index < -0.39 is 0 Å². The molecule has 160 valence electrons. The Morgan fingerprint density at radius 1 is 1.06 bits per heavy atom. The van der Waals surface area contributed by atoms with Gasteiger partial charge in [0.25, 0.3) is 5.91 Å². The Balaban J connectivity index is 1.48. The molecule has 5 rings (SSSR count). The molecule has 0 spiro atoms. The molecule has 3 aromatic rings. The van der Waals surface area contributed by atoms with Crippen molar-refractivity contribution in [2.45, 2.75) is 45.4 Å². The normalized spacial score (nSPS) is 14.6. The number of hydrogen-bond donors (Lipinski definition) is 0. The predicted octanol–water partition coefficient (Wildman–Crippen LogP) is 4.88. The van der Waals surface area contributed by atoms with Crippen molar-refractivity contribution in [3.8, 4) is 17.2 Å². The predicted molar refractivity (Wildman–Crippen MR) is 120 cm³/mol. The molecular weight excluding hydrogens is 390 g/mol. The number of nitrogens with zero attached hydrogens (tertiary/aromatic N) is 3. The van der Waals surface area contributed by atoms with Crippen LogP contribution in [0.1, 0.15) is 59.9 Å². The standard InChI is InChI=1S/C25H27N3O3/c1-16(2)24-20-9-4-5-10-21(20)28(26-24)19-8-6-7-17(13-19)25(29)27(3)18-11-12-22-23(14-18)31-15-30-22/h6-8,11-14,16H,4-5,9-10,15H2,1-3H3. The molecule has 2 heterocycles. The third kappa shape index (κ3) is 3.46. The van der Waals surface area contributed by atoms with Gasteiger partial charge < -0.3 is 14.4 Å². The fourth-order valence-electron chi connectivity index (χ4n) is 4.48. The van der Waals surface area contributed by atoms with Crippen LogP contribution in [0.2, 0.25) is 0 Å². The van der Waals surface area contributed by atoms with Crippen LogP contribution in [0.3, 0.4) is 0 Å². The van der Waals surface area contributed by atoms with Gasteiger partial charge in [0.1, 0.15) is 0 Å². The Morgan fingerprint density at radius 2 is 1.87 bits per heavy atom. The Morgan fingerprint density at radius 3 is 2.71 bits per heavy atom. The molecule has 0 bridgehead atoms. The molecule has 0 N–H and O–H groups in total. The summed E-state index contributed by atoms with van der Waals surface area (Å²) in [4.78, 5) is 14.9. The molecule has 0 atom stereocenters. The van der Waals surface area contributed by atoms with E-state index in [4.69, 9.17) is 14.6 Å². The molecular formula is C25H27N3O3. The maximum Gasteiger partial charge on any atom is 0.258 e. The topological polar surface area (TPSA) is 56.6 Å². The molecule has 0 unspecified atom stereocenters. The fourth-order valence-corrected chi connectivity index (χ4v) is 4.48. The van der Waals surface area contributed by atoms with Crippen LogP contribution in [0.5, 0.6) is 11.5 Å². The molecule has 0 fully saturated rings. The van der Waals surface area contributed by atoms with E-state index in [2.05, 4.69) is 18.5 Å². The van der Waals surface area contributed by atoms with Crippen molar-refractivity contribution in [1.29, 1.82) is 0 Å². The molecule has 0 radical (unpaired) electrons. The molecule has 1 aliphatic carbocycles. The molecule has 0 saturated carbocycles. The SMILES string of the molecule is CC(C)c1nn(-c2cccc(C(=O)N(C)c3ccc4c(c3)OCO4)c2)c2c1CCCC2. The summed E-state index contributed by atoms with van der Waals surface area (Å²) >= 11 is 0. The number of aromatic nitrogens is 2. The highest BCUT2D eigenvalue weighted by molar-refractivity contribution is 6.06. The minimum absolute atomic E-state index is 0.0779. The zero-order chi connectivity index (χ0) is 21.5. The van der Waals surface area contributed by atoms with Crippen molar-refractivity contribution in [1.82, 2.24) is 9.78 Å². The number of carbonyl (C=O) groups excluding carboxylic acids is 1. The third-order valence-corrected chi connectivity index (χ3v) is 6.14. The maximum atomic E-state index is 13.3. The van der Waals surface area contributed by atoms with Crippen molar-refractivity contribution >= 4 is 11.6 Å². The number of carbonyl (C=O) groups is 1. The molecule has 1 amide bonds. The highest BCUT2D eigenvalue weighted by Gasteiger charge is 2.24. The summed E-state index contributed by atoms with van der Waals surface area (Å²) < 4.78 is 12.9. The van der Waals surface area contributed by atoms with Crippen molar-refractivity contribution < 1.29 is 14.3 Å². The van der Waals surface area contributed by atoms with E-state index in [1.165, 1.54) is 29.8 Å². The minimum atomic E-state index is -0.0779. The largest absolute Gasteiger partial charge is 0.454 e. The number of benzene rings is 2. The third-order valence-electron chi connectivity index (χ3n) is 6.14. The molecule has 0 saturated heterocycles. The van der Waals surface area contributed by atoms with Gasteiger partial charge in [0.15, 0.2) is 11.5 Å². The lowest BCUT2D eigenvalue weighted by atomic mass is 9.92. The van der Waals surface area contributed by atoms with Crippen molar-refractivity contribution in [3.63, 3.8) is 0 Å². The van der Waals surface area contributed by atoms with Crippen LogP contribution in [-0.2, 0) is 12.8 Å². The first-order chi connectivity index (χ1) is 15.0. The number of ether oxygens (including phenoxy) is 2. The smallest absolute Gasteiger partial charge is 0.258 e. The zero-order valence-electron chi connectivity index (χ0n) is 18.2. The molecule has 2 aromatic carbocycles. The second kappa shape index (κ2) is 7.76. The summed E-state index contributed by atoms with van der Waals surface area (Å²) in [5, 5.41) is 4.97. The quantitative estimate of drug-likeness (QED) is 0.607. The summed E-state index contributed by atoms with van der Waals surface area (Å²) in [5.41, 5.74) is 6.21. The van der Waals surface area contributed by atoms with Crippen molar-refractivity contribution in [2.24, 2.45) is 0 Å². The van der Waals surface area contributed by atoms with Crippen LogP contribution in [0.4, 0.5) is 5.69 Å². The Bertz CT molecular complexity index is 1150. The summed E-state index contributed by atoms with van der Waals surface area (Å²) in [6.45, 7) is 4.61. The van der Waals surface area contributed by atoms with Gasteiger partial charge in [-0.15, -0.1) is 0 Å². The van der Waals surface area contributed by atoms with Gasteiger partial charge in [-0.05, 0) is 67.5 Å². The lowest BCUT2D eigenvalue weighted by Crippen LogP contribution is -2.26. The van der Waals surface area contributed by atoms with E-state index in [0.717, 1.165) is 24.2 Å². The zero-order valence-corrected chi connectivity index (χ0v) is 18.2. The first-order valence-electron chi connectivity index (χ1n) is 10.9. The van der Waals surface area contributed by atoms with Gasteiger partial charge in [-0.1, -0.05) is 19.9 Å². The lowest BCUT2D eigenvalue weighted by molar-refractivity contribution is 0.0993. The van der Waals surface area contributed by atoms with Crippen LogP contribution in [-0.4, -0.2) is 29.5 Å². The Labute approximate surface area is 182 Å². The highest BCUT2D eigenvalue weighted by atomic mass is 16.7. The molecule has 6 heteroatoms. The van der Waals surface area contributed by atoms with Crippen LogP contribution in [0.15, 0.2) is 42.5 Å². The molecule has 2 aliphatic rings. The fraction of sp³-hybridized carbons (Fsp3) is 0.360. The Kier molecular flexibility index (Phi) is 4.93. The molecule has 31 heavy (non-hydrogen) atoms. The van der Waals surface area contributed by atoms with Gasteiger partial charge in [0.2, 0.25) is 6.79 Å². The number of anilines is 1. The van der Waals surface area contributed by atoms with Crippen molar-refractivity contribution in [3.05, 3.63) is 65.0 Å². The van der Waals surface area contributed by atoms with Gasteiger partial charge in [-0.3, -0.25) is 4.79 Å². The number of hydrogen-bond acceptors (Lipinski definition) is 4. The first kappa shape index (κ1) is 19.7. The summed E-state index contributed by atoms with van der Waals surface area (Å²) in [5.74, 6) is 1.67. The van der Waals surface area contributed by atoms with Gasteiger partial charge in [0, 0.05) is 30.1 Å². The average molecular weight is 418 g/mol. The molecule has 1 aromatic heterocycles. The van der Waals surface area contributed by atoms with Crippen LogP contribution < -0.4 is 14.4 Å². The minimum Gasteiger partial charge on any atom is -0.454 e. The lowest BCUT2D eigenvalue weighted by Gasteiger charge is -2.19.